The average Bonchev–Trinajstić information content (AvgIpc) is 2.82. The number of nitrogens with zero attached hydrogens (tertiary/aromatic N) is 1. The monoisotopic (exact) mass is 238 g/mol. The summed E-state index contributed by atoms with van der Waals surface area (Å²) in [6.07, 6.45) is 1.94. The van der Waals surface area contributed by atoms with Gasteiger partial charge in [-0.25, -0.2) is 4.39 Å². The first-order chi connectivity index (χ1) is 8.13. The number of nitrogens with two attached hydrogens (primary N) is 1. The molecule has 1 aliphatic rings. The summed E-state index contributed by atoms with van der Waals surface area (Å²) in [7, 11) is 1.44. The van der Waals surface area contributed by atoms with Crippen LogP contribution in [-0.2, 0) is 0 Å². The second-order valence-corrected chi connectivity index (χ2v) is 4.07. The SMILES string of the molecule is COc1cc(C(=O)N2CCCC2)c(F)cc1N. The predicted molar refractivity (Wildman–Crippen MR) is 62.5 cm³/mol. The van der Waals surface area contributed by atoms with Crippen LogP contribution < -0.4 is 10.5 Å². The zero-order chi connectivity index (χ0) is 12.4. The van der Waals surface area contributed by atoms with E-state index in [0.29, 0.717) is 18.8 Å². The largest absolute Gasteiger partial charge is 0.495 e. The third kappa shape index (κ3) is 2.18. The van der Waals surface area contributed by atoms with E-state index < -0.39 is 5.82 Å². The van der Waals surface area contributed by atoms with Gasteiger partial charge in [0.15, 0.2) is 0 Å². The first kappa shape index (κ1) is 11.7. The van der Waals surface area contributed by atoms with Crippen molar-refractivity contribution in [1.29, 1.82) is 0 Å². The van der Waals surface area contributed by atoms with Crippen molar-refractivity contribution in [2.24, 2.45) is 0 Å². The Labute approximate surface area is 99.2 Å². The molecule has 2 rings (SSSR count). The second kappa shape index (κ2) is 4.61. The van der Waals surface area contributed by atoms with Crippen molar-refractivity contribution in [3.63, 3.8) is 0 Å². The summed E-state index contributed by atoms with van der Waals surface area (Å²) in [5.41, 5.74) is 5.79. The van der Waals surface area contributed by atoms with Crippen molar-refractivity contribution < 1.29 is 13.9 Å². The van der Waals surface area contributed by atoms with Gasteiger partial charge in [-0.2, -0.15) is 0 Å². The highest BCUT2D eigenvalue weighted by molar-refractivity contribution is 5.95. The Kier molecular flexibility index (Phi) is 3.17. The van der Waals surface area contributed by atoms with Gasteiger partial charge in [0.25, 0.3) is 5.91 Å². The molecule has 17 heavy (non-hydrogen) atoms. The molecular weight excluding hydrogens is 223 g/mol. The van der Waals surface area contributed by atoms with E-state index in [-0.39, 0.29) is 17.2 Å². The van der Waals surface area contributed by atoms with E-state index in [1.165, 1.54) is 13.2 Å². The summed E-state index contributed by atoms with van der Waals surface area (Å²) in [4.78, 5) is 13.7. The highest BCUT2D eigenvalue weighted by Gasteiger charge is 2.23. The molecule has 1 aromatic rings. The van der Waals surface area contributed by atoms with Crippen LogP contribution in [0.25, 0.3) is 0 Å². The second-order valence-electron chi connectivity index (χ2n) is 4.07. The number of rotatable bonds is 2. The molecule has 1 aliphatic heterocycles. The molecule has 0 aromatic heterocycles. The Bertz CT molecular complexity index is 442. The molecule has 5 heteroatoms. The van der Waals surface area contributed by atoms with Gasteiger partial charge in [0, 0.05) is 19.2 Å². The minimum atomic E-state index is -0.597. The lowest BCUT2D eigenvalue weighted by Crippen LogP contribution is -2.28. The Morgan fingerprint density at radius 3 is 2.65 bits per heavy atom. The minimum Gasteiger partial charge on any atom is -0.495 e. The van der Waals surface area contributed by atoms with Gasteiger partial charge < -0.3 is 15.4 Å². The Morgan fingerprint density at radius 2 is 2.06 bits per heavy atom. The van der Waals surface area contributed by atoms with Crippen molar-refractivity contribution in [3.05, 3.63) is 23.5 Å². The third-order valence-electron chi connectivity index (χ3n) is 2.94. The molecule has 1 aromatic carbocycles. The van der Waals surface area contributed by atoms with Crippen LogP contribution in [0, 0.1) is 5.82 Å². The van der Waals surface area contributed by atoms with Crippen molar-refractivity contribution in [2.75, 3.05) is 25.9 Å². The first-order valence-electron chi connectivity index (χ1n) is 5.55. The van der Waals surface area contributed by atoms with Crippen LogP contribution in [0.3, 0.4) is 0 Å². The third-order valence-corrected chi connectivity index (χ3v) is 2.94. The molecule has 0 aliphatic carbocycles. The van der Waals surface area contributed by atoms with E-state index in [1.807, 2.05) is 0 Å². The van der Waals surface area contributed by atoms with Gasteiger partial charge in [-0.3, -0.25) is 4.79 Å². The maximum atomic E-state index is 13.7. The van der Waals surface area contributed by atoms with E-state index in [9.17, 15) is 9.18 Å². The van der Waals surface area contributed by atoms with Gasteiger partial charge in [-0.05, 0) is 18.9 Å². The number of carbonyl (C=O) groups is 1. The van der Waals surface area contributed by atoms with Crippen molar-refractivity contribution in [1.82, 2.24) is 4.90 Å². The number of nitrogen functional groups attached to an aromatic ring is 1. The van der Waals surface area contributed by atoms with E-state index in [2.05, 4.69) is 0 Å². The lowest BCUT2D eigenvalue weighted by Gasteiger charge is -2.16. The molecule has 0 radical (unpaired) electrons. The molecule has 2 N–H and O–H groups in total. The number of ether oxygens (including phenoxy) is 1. The summed E-state index contributed by atoms with van der Waals surface area (Å²) in [5, 5.41) is 0. The van der Waals surface area contributed by atoms with Gasteiger partial charge in [0.05, 0.1) is 18.4 Å². The molecule has 1 saturated heterocycles. The van der Waals surface area contributed by atoms with Crippen LogP contribution in [0.2, 0.25) is 0 Å². The van der Waals surface area contributed by atoms with Gasteiger partial charge >= 0.3 is 0 Å². The molecule has 0 bridgehead atoms. The summed E-state index contributed by atoms with van der Waals surface area (Å²) >= 11 is 0. The fourth-order valence-electron chi connectivity index (χ4n) is 2.00. The Hall–Kier alpha value is -1.78. The Morgan fingerprint density at radius 1 is 1.41 bits per heavy atom. The zero-order valence-corrected chi connectivity index (χ0v) is 9.70. The summed E-state index contributed by atoms with van der Waals surface area (Å²) < 4.78 is 18.7. The molecular formula is C12H15FN2O2. The van der Waals surface area contributed by atoms with E-state index in [1.54, 1.807) is 4.90 Å². The molecule has 1 fully saturated rings. The number of anilines is 1. The molecule has 0 atom stereocenters. The first-order valence-corrected chi connectivity index (χ1v) is 5.55. The lowest BCUT2D eigenvalue weighted by molar-refractivity contribution is 0.0788. The minimum absolute atomic E-state index is 0.0259. The number of likely N-dealkylation sites (tertiary alicyclic amines) is 1. The van der Waals surface area contributed by atoms with Crippen LogP contribution in [0.15, 0.2) is 12.1 Å². The normalized spacial score (nSPS) is 15.1. The molecule has 4 nitrogen and oxygen atoms in total. The molecule has 0 spiro atoms. The maximum absolute atomic E-state index is 13.7. The van der Waals surface area contributed by atoms with Crippen LogP contribution >= 0.6 is 0 Å². The summed E-state index contributed by atoms with van der Waals surface area (Å²) in [6, 6.07) is 2.49. The topological polar surface area (TPSA) is 55.6 Å². The number of amides is 1. The maximum Gasteiger partial charge on any atom is 0.256 e. The number of methoxy groups -OCH3 is 1. The smallest absolute Gasteiger partial charge is 0.256 e. The quantitative estimate of drug-likeness (QED) is 0.797. The standard InChI is InChI=1S/C12H15FN2O2/c1-17-11-6-8(9(13)7-10(11)14)12(16)15-4-2-3-5-15/h6-7H,2-5,14H2,1H3. The average molecular weight is 238 g/mol. The molecule has 0 unspecified atom stereocenters. The fraction of sp³-hybridized carbons (Fsp3) is 0.417. The molecule has 1 amide bonds. The van der Waals surface area contributed by atoms with E-state index in [0.717, 1.165) is 18.9 Å². The fourth-order valence-corrected chi connectivity index (χ4v) is 2.00. The van der Waals surface area contributed by atoms with Gasteiger partial charge in [-0.1, -0.05) is 0 Å². The number of hydrogen-bond donors (Lipinski definition) is 1. The zero-order valence-electron chi connectivity index (χ0n) is 9.70. The van der Waals surface area contributed by atoms with Crippen LogP contribution in [0.4, 0.5) is 10.1 Å². The number of halogens is 1. The lowest BCUT2D eigenvalue weighted by atomic mass is 10.1. The van der Waals surface area contributed by atoms with Gasteiger partial charge in [-0.15, -0.1) is 0 Å². The molecule has 1 heterocycles. The summed E-state index contributed by atoms with van der Waals surface area (Å²) in [6.45, 7) is 1.37. The molecule has 92 valence electrons. The number of hydrogen-bond acceptors (Lipinski definition) is 3. The number of carbonyl (C=O) groups excluding carboxylic acids is 1. The highest BCUT2D eigenvalue weighted by Crippen LogP contribution is 2.26. The van der Waals surface area contributed by atoms with Crippen molar-refractivity contribution in [3.8, 4) is 5.75 Å². The van der Waals surface area contributed by atoms with E-state index in [4.69, 9.17) is 10.5 Å². The van der Waals surface area contributed by atoms with Crippen LogP contribution in [0.5, 0.6) is 5.75 Å². The van der Waals surface area contributed by atoms with Gasteiger partial charge in [0.1, 0.15) is 11.6 Å². The predicted octanol–water partition coefficient (Wildman–Crippen LogP) is 1.65. The highest BCUT2D eigenvalue weighted by atomic mass is 19.1. The van der Waals surface area contributed by atoms with Gasteiger partial charge in [0.2, 0.25) is 0 Å². The van der Waals surface area contributed by atoms with Crippen LogP contribution in [-0.4, -0.2) is 31.0 Å². The molecule has 0 saturated carbocycles. The Balaban J connectivity index is 2.33. The number of benzene rings is 1. The van der Waals surface area contributed by atoms with Crippen molar-refractivity contribution in [2.45, 2.75) is 12.8 Å². The van der Waals surface area contributed by atoms with Crippen molar-refractivity contribution >= 4 is 11.6 Å². The van der Waals surface area contributed by atoms with E-state index >= 15 is 0 Å². The van der Waals surface area contributed by atoms with Crippen LogP contribution in [0.1, 0.15) is 23.2 Å². The summed E-state index contributed by atoms with van der Waals surface area (Å²) in [5.74, 6) is -0.563.